The van der Waals surface area contributed by atoms with Crippen LogP contribution in [0.5, 0.6) is 0 Å². The molecule has 16 heavy (non-hydrogen) atoms. The quantitative estimate of drug-likeness (QED) is 0.608. The highest BCUT2D eigenvalue weighted by Gasteiger charge is 2.41. The van der Waals surface area contributed by atoms with Crippen molar-refractivity contribution in [1.29, 1.82) is 5.26 Å². The Morgan fingerprint density at radius 2 is 2.19 bits per heavy atom. The second-order valence-electron chi connectivity index (χ2n) is 5.38. The minimum absolute atomic E-state index is 0.337. The molecule has 0 unspecified atom stereocenters. The zero-order valence-electron chi connectivity index (χ0n) is 10.0. The predicted octanol–water partition coefficient (Wildman–Crippen LogP) is 2.09. The largest absolute Gasteiger partial charge is 0.381 e. The molecule has 0 aromatic heterocycles. The molecule has 3 nitrogen and oxygen atoms in total. The van der Waals surface area contributed by atoms with E-state index in [4.69, 9.17) is 10.00 Å². The van der Waals surface area contributed by atoms with Crippen LogP contribution in [0, 0.1) is 22.7 Å². The molecule has 0 bridgehead atoms. The van der Waals surface area contributed by atoms with Gasteiger partial charge >= 0.3 is 0 Å². The van der Waals surface area contributed by atoms with E-state index >= 15 is 0 Å². The molecule has 0 amide bonds. The summed E-state index contributed by atoms with van der Waals surface area (Å²) in [4.78, 5) is 0. The molecular formula is C13H22N2O. The molecule has 90 valence electrons. The number of hydrogen-bond acceptors (Lipinski definition) is 3. The number of ether oxygens (including phenoxy) is 1. The van der Waals surface area contributed by atoms with Gasteiger partial charge in [-0.15, -0.1) is 0 Å². The number of nitrogens with one attached hydrogen (secondary N) is 1. The second-order valence-corrected chi connectivity index (χ2v) is 5.38. The third kappa shape index (κ3) is 4.11. The van der Waals surface area contributed by atoms with Gasteiger partial charge in [0.15, 0.2) is 0 Å². The van der Waals surface area contributed by atoms with Crippen LogP contribution in [0.1, 0.15) is 38.5 Å². The molecule has 0 aromatic carbocycles. The number of nitrogens with zero attached hydrogens (tertiary/aromatic N) is 1. The average molecular weight is 222 g/mol. The number of nitriles is 1. The molecule has 2 aliphatic carbocycles. The second kappa shape index (κ2) is 5.65. The molecule has 3 heteroatoms. The van der Waals surface area contributed by atoms with E-state index in [-0.39, 0.29) is 0 Å². The van der Waals surface area contributed by atoms with Gasteiger partial charge in [0, 0.05) is 26.2 Å². The van der Waals surface area contributed by atoms with Crippen molar-refractivity contribution in [3.63, 3.8) is 0 Å². The normalized spacial score (nSPS) is 21.7. The van der Waals surface area contributed by atoms with Gasteiger partial charge < -0.3 is 10.1 Å². The Bertz CT molecular complexity index is 251. The first-order valence-electron chi connectivity index (χ1n) is 6.50. The van der Waals surface area contributed by atoms with Crippen LogP contribution in [0.2, 0.25) is 0 Å². The molecule has 0 heterocycles. The Morgan fingerprint density at radius 3 is 2.81 bits per heavy atom. The molecule has 0 atom stereocenters. The first-order chi connectivity index (χ1) is 7.85. The van der Waals surface area contributed by atoms with E-state index in [1.807, 2.05) is 0 Å². The third-order valence-electron chi connectivity index (χ3n) is 3.60. The summed E-state index contributed by atoms with van der Waals surface area (Å²) in [5.74, 6) is 0.873. The van der Waals surface area contributed by atoms with E-state index in [2.05, 4.69) is 11.4 Å². The Balaban J connectivity index is 1.38. The summed E-state index contributed by atoms with van der Waals surface area (Å²) in [7, 11) is 0. The van der Waals surface area contributed by atoms with Crippen molar-refractivity contribution in [2.75, 3.05) is 26.3 Å². The molecule has 0 aromatic rings. The van der Waals surface area contributed by atoms with Crippen LogP contribution in [0.4, 0.5) is 0 Å². The van der Waals surface area contributed by atoms with Gasteiger partial charge in [0.05, 0.1) is 6.07 Å². The van der Waals surface area contributed by atoms with Crippen molar-refractivity contribution >= 4 is 0 Å². The fourth-order valence-corrected chi connectivity index (χ4v) is 1.95. The highest BCUT2D eigenvalue weighted by atomic mass is 16.5. The van der Waals surface area contributed by atoms with Crippen molar-refractivity contribution in [3.05, 3.63) is 0 Å². The monoisotopic (exact) mass is 222 g/mol. The highest BCUT2D eigenvalue weighted by molar-refractivity contribution is 5.00. The van der Waals surface area contributed by atoms with Gasteiger partial charge in [-0.25, -0.2) is 0 Å². The first kappa shape index (κ1) is 11.9. The van der Waals surface area contributed by atoms with Crippen LogP contribution < -0.4 is 5.32 Å². The molecule has 0 saturated heterocycles. The summed E-state index contributed by atoms with van der Waals surface area (Å²) in [6, 6.07) is 2.29. The Morgan fingerprint density at radius 1 is 1.38 bits per heavy atom. The number of hydrogen-bond donors (Lipinski definition) is 1. The lowest BCUT2D eigenvalue weighted by Gasteiger charge is -2.12. The molecule has 1 N–H and O–H groups in total. The predicted molar refractivity (Wildman–Crippen MR) is 62.9 cm³/mol. The maximum Gasteiger partial charge on any atom is 0.0628 e. The fraction of sp³-hybridized carbons (Fsp3) is 0.923. The minimum Gasteiger partial charge on any atom is -0.381 e. The summed E-state index contributed by atoms with van der Waals surface area (Å²) < 4.78 is 5.56. The van der Waals surface area contributed by atoms with Crippen LogP contribution >= 0.6 is 0 Å². The zero-order chi connectivity index (χ0) is 11.3. The topological polar surface area (TPSA) is 45.0 Å². The highest BCUT2D eigenvalue weighted by Crippen LogP contribution is 2.47. The van der Waals surface area contributed by atoms with Crippen molar-refractivity contribution in [1.82, 2.24) is 5.32 Å². The summed E-state index contributed by atoms with van der Waals surface area (Å²) in [6.07, 6.45) is 7.01. The summed E-state index contributed by atoms with van der Waals surface area (Å²) in [5, 5.41) is 12.1. The van der Waals surface area contributed by atoms with Crippen molar-refractivity contribution < 1.29 is 4.74 Å². The Labute approximate surface area is 98.2 Å². The molecule has 2 aliphatic rings. The molecular weight excluding hydrogens is 200 g/mol. The van der Waals surface area contributed by atoms with Gasteiger partial charge in [-0.2, -0.15) is 5.26 Å². The molecule has 0 spiro atoms. The first-order valence-corrected chi connectivity index (χ1v) is 6.50. The van der Waals surface area contributed by atoms with Crippen LogP contribution in [0.15, 0.2) is 0 Å². The van der Waals surface area contributed by atoms with E-state index in [9.17, 15) is 0 Å². The third-order valence-corrected chi connectivity index (χ3v) is 3.60. The Kier molecular flexibility index (Phi) is 4.20. The van der Waals surface area contributed by atoms with Crippen LogP contribution in [0.25, 0.3) is 0 Å². The Hall–Kier alpha value is -0.590. The van der Waals surface area contributed by atoms with Gasteiger partial charge in [0.25, 0.3) is 0 Å². The number of rotatable bonds is 9. The maximum atomic E-state index is 8.67. The summed E-state index contributed by atoms with van der Waals surface area (Å²) in [6.45, 7) is 3.90. The van der Waals surface area contributed by atoms with E-state index in [0.29, 0.717) is 5.41 Å². The van der Waals surface area contributed by atoms with Crippen LogP contribution in [0.3, 0.4) is 0 Å². The fourth-order valence-electron chi connectivity index (χ4n) is 1.95. The van der Waals surface area contributed by atoms with E-state index in [0.717, 1.165) is 45.1 Å². The molecule has 2 fully saturated rings. The summed E-state index contributed by atoms with van der Waals surface area (Å²) >= 11 is 0. The van der Waals surface area contributed by atoms with Crippen molar-refractivity contribution in [3.8, 4) is 6.07 Å². The minimum atomic E-state index is 0.337. The van der Waals surface area contributed by atoms with E-state index in [1.54, 1.807) is 0 Å². The van der Waals surface area contributed by atoms with Gasteiger partial charge in [-0.3, -0.25) is 0 Å². The zero-order valence-corrected chi connectivity index (χ0v) is 10.0. The van der Waals surface area contributed by atoms with Crippen molar-refractivity contribution in [2.24, 2.45) is 11.3 Å². The van der Waals surface area contributed by atoms with Gasteiger partial charge in [-0.05, 0) is 50.0 Å². The maximum absolute atomic E-state index is 8.67. The molecule has 2 saturated carbocycles. The lowest BCUT2D eigenvalue weighted by molar-refractivity contribution is 0.122. The standard InChI is InChI=1S/C13H22N2O/c14-7-6-13(4-5-13)11-15-8-1-9-16-10-12-2-3-12/h12,15H,1-6,8-11H2. The van der Waals surface area contributed by atoms with Crippen LogP contribution in [-0.2, 0) is 4.74 Å². The average Bonchev–Trinajstić information content (AvgIpc) is 3.14. The lowest BCUT2D eigenvalue weighted by atomic mass is 10.0. The van der Waals surface area contributed by atoms with Gasteiger partial charge in [-0.1, -0.05) is 0 Å². The van der Waals surface area contributed by atoms with Gasteiger partial charge in [0.1, 0.15) is 0 Å². The van der Waals surface area contributed by atoms with Crippen LogP contribution in [-0.4, -0.2) is 26.3 Å². The molecule has 0 radical (unpaired) electrons. The summed E-state index contributed by atoms with van der Waals surface area (Å²) in [5.41, 5.74) is 0.337. The van der Waals surface area contributed by atoms with Crippen molar-refractivity contribution in [2.45, 2.75) is 38.5 Å². The van der Waals surface area contributed by atoms with Gasteiger partial charge in [0.2, 0.25) is 0 Å². The van der Waals surface area contributed by atoms with E-state index < -0.39 is 0 Å². The molecule has 0 aliphatic heterocycles. The SMILES string of the molecule is N#CCC1(CNCCCOCC2CC2)CC1. The smallest absolute Gasteiger partial charge is 0.0628 e. The lowest BCUT2D eigenvalue weighted by Crippen LogP contribution is -2.25. The van der Waals surface area contributed by atoms with E-state index in [1.165, 1.54) is 25.7 Å². The molecule has 2 rings (SSSR count).